The zero-order valence-corrected chi connectivity index (χ0v) is 12.1. The molecule has 1 N–H and O–H groups in total. The molecule has 0 saturated heterocycles. The van der Waals surface area contributed by atoms with Gasteiger partial charge >= 0.3 is 0 Å². The lowest BCUT2D eigenvalue weighted by molar-refractivity contribution is 0.386. The Labute approximate surface area is 117 Å². The maximum absolute atomic E-state index is 13.4. The molecule has 6 heteroatoms. The van der Waals surface area contributed by atoms with Crippen LogP contribution in [0, 0.1) is 5.82 Å². The number of nitrogens with one attached hydrogen (secondary N) is 1. The van der Waals surface area contributed by atoms with E-state index in [1.165, 1.54) is 13.2 Å². The van der Waals surface area contributed by atoms with Gasteiger partial charge in [-0.05, 0) is 32.9 Å². The predicted molar refractivity (Wildman–Crippen MR) is 74.5 cm³/mol. The molecular weight excluding hydrogens is 259 g/mol. The predicted octanol–water partition coefficient (Wildman–Crippen LogP) is 2.30. The Bertz CT molecular complexity index is 589. The summed E-state index contributed by atoms with van der Waals surface area (Å²) in [6.07, 6.45) is 1.81. The van der Waals surface area contributed by atoms with Crippen molar-refractivity contribution in [2.75, 3.05) is 7.11 Å². The molecule has 0 aliphatic heterocycles. The van der Waals surface area contributed by atoms with Crippen LogP contribution in [0.2, 0.25) is 0 Å². The first-order valence-corrected chi connectivity index (χ1v) is 6.39. The second-order valence-electron chi connectivity index (χ2n) is 5.58. The molecule has 1 aromatic heterocycles. The smallest absolute Gasteiger partial charge is 0.165 e. The lowest BCUT2D eigenvalue weighted by Gasteiger charge is -2.19. The van der Waals surface area contributed by atoms with E-state index in [-0.39, 0.29) is 11.3 Å². The average molecular weight is 278 g/mol. The van der Waals surface area contributed by atoms with E-state index < -0.39 is 5.82 Å². The van der Waals surface area contributed by atoms with Crippen LogP contribution >= 0.6 is 0 Å². The molecule has 108 valence electrons. The van der Waals surface area contributed by atoms with Gasteiger partial charge in [0.25, 0.3) is 0 Å². The highest BCUT2D eigenvalue weighted by Crippen LogP contribution is 2.20. The molecule has 0 bridgehead atoms. The van der Waals surface area contributed by atoms with Gasteiger partial charge in [-0.3, -0.25) is 0 Å². The van der Waals surface area contributed by atoms with Gasteiger partial charge in [-0.15, -0.1) is 5.10 Å². The molecule has 0 unspecified atom stereocenters. The highest BCUT2D eigenvalue weighted by atomic mass is 19.1. The first-order valence-electron chi connectivity index (χ1n) is 6.39. The minimum Gasteiger partial charge on any atom is -0.494 e. The number of hydrogen-bond donors (Lipinski definition) is 1. The minimum atomic E-state index is -0.397. The lowest BCUT2D eigenvalue weighted by atomic mass is 10.1. The SMILES string of the molecule is COc1cc(-n2cc(CNC(C)(C)C)nn2)ccc1F. The zero-order valence-electron chi connectivity index (χ0n) is 12.1. The van der Waals surface area contributed by atoms with Crippen molar-refractivity contribution in [1.82, 2.24) is 20.3 Å². The molecule has 5 nitrogen and oxygen atoms in total. The maximum atomic E-state index is 13.4. The van der Waals surface area contributed by atoms with E-state index >= 15 is 0 Å². The summed E-state index contributed by atoms with van der Waals surface area (Å²) in [6, 6.07) is 4.57. The number of halogens is 1. The first-order chi connectivity index (χ1) is 9.39. The van der Waals surface area contributed by atoms with Crippen LogP contribution in [-0.4, -0.2) is 27.6 Å². The van der Waals surface area contributed by atoms with E-state index in [2.05, 4.69) is 36.4 Å². The van der Waals surface area contributed by atoms with E-state index in [4.69, 9.17) is 4.74 Å². The molecule has 1 heterocycles. The molecule has 2 aromatic rings. The molecule has 0 aliphatic carbocycles. The fourth-order valence-corrected chi connectivity index (χ4v) is 1.65. The van der Waals surface area contributed by atoms with Gasteiger partial charge < -0.3 is 10.1 Å². The Morgan fingerprint density at radius 3 is 2.75 bits per heavy atom. The van der Waals surface area contributed by atoms with Crippen LogP contribution in [0.3, 0.4) is 0 Å². The van der Waals surface area contributed by atoms with Crippen molar-refractivity contribution in [3.05, 3.63) is 35.9 Å². The summed E-state index contributed by atoms with van der Waals surface area (Å²) in [5.41, 5.74) is 1.55. The van der Waals surface area contributed by atoms with Crippen LogP contribution in [-0.2, 0) is 6.54 Å². The Morgan fingerprint density at radius 2 is 2.10 bits per heavy atom. The fourth-order valence-electron chi connectivity index (χ4n) is 1.65. The molecule has 20 heavy (non-hydrogen) atoms. The van der Waals surface area contributed by atoms with Crippen molar-refractivity contribution in [1.29, 1.82) is 0 Å². The van der Waals surface area contributed by atoms with Gasteiger partial charge in [0.05, 0.1) is 24.7 Å². The van der Waals surface area contributed by atoms with Crippen molar-refractivity contribution < 1.29 is 9.13 Å². The molecule has 0 amide bonds. The summed E-state index contributed by atoms with van der Waals surface area (Å²) in [5, 5.41) is 11.5. The van der Waals surface area contributed by atoms with E-state index in [1.807, 2.05) is 6.20 Å². The van der Waals surface area contributed by atoms with E-state index in [9.17, 15) is 4.39 Å². The molecule has 0 radical (unpaired) electrons. The van der Waals surface area contributed by atoms with Crippen LogP contribution in [0.25, 0.3) is 5.69 Å². The lowest BCUT2D eigenvalue weighted by Crippen LogP contribution is -2.35. The molecule has 2 rings (SSSR count). The van der Waals surface area contributed by atoms with Gasteiger partial charge in [0, 0.05) is 18.2 Å². The zero-order chi connectivity index (χ0) is 14.8. The highest BCUT2D eigenvalue weighted by molar-refractivity contribution is 5.39. The van der Waals surface area contributed by atoms with Gasteiger partial charge in [0.2, 0.25) is 0 Å². The van der Waals surface area contributed by atoms with Crippen molar-refractivity contribution in [3.8, 4) is 11.4 Å². The first kappa shape index (κ1) is 14.5. The van der Waals surface area contributed by atoms with Crippen LogP contribution in [0.15, 0.2) is 24.4 Å². The van der Waals surface area contributed by atoms with Gasteiger partial charge in [-0.2, -0.15) is 0 Å². The normalized spacial score (nSPS) is 11.7. The number of nitrogens with zero attached hydrogens (tertiary/aromatic N) is 3. The van der Waals surface area contributed by atoms with E-state index in [1.54, 1.807) is 16.8 Å². The van der Waals surface area contributed by atoms with Gasteiger partial charge in [-0.1, -0.05) is 5.21 Å². The average Bonchev–Trinajstić information content (AvgIpc) is 2.85. The third-order valence-electron chi connectivity index (χ3n) is 2.74. The number of hydrogen-bond acceptors (Lipinski definition) is 4. The third-order valence-corrected chi connectivity index (χ3v) is 2.74. The molecule has 0 saturated carbocycles. The minimum absolute atomic E-state index is 0.0167. The Morgan fingerprint density at radius 1 is 1.35 bits per heavy atom. The second-order valence-corrected chi connectivity index (χ2v) is 5.58. The molecule has 0 fully saturated rings. The van der Waals surface area contributed by atoms with Gasteiger partial charge in [0.15, 0.2) is 11.6 Å². The fraction of sp³-hybridized carbons (Fsp3) is 0.429. The maximum Gasteiger partial charge on any atom is 0.165 e. The quantitative estimate of drug-likeness (QED) is 0.932. The Hall–Kier alpha value is -1.95. The number of aromatic nitrogens is 3. The summed E-state index contributed by atoms with van der Waals surface area (Å²) >= 11 is 0. The summed E-state index contributed by atoms with van der Waals surface area (Å²) in [4.78, 5) is 0. The van der Waals surface area contributed by atoms with Crippen LogP contribution < -0.4 is 10.1 Å². The topological polar surface area (TPSA) is 52.0 Å². The molecule has 0 aliphatic rings. The van der Waals surface area contributed by atoms with Crippen molar-refractivity contribution in [3.63, 3.8) is 0 Å². The molecule has 0 spiro atoms. The van der Waals surface area contributed by atoms with Crippen molar-refractivity contribution in [2.24, 2.45) is 0 Å². The largest absolute Gasteiger partial charge is 0.494 e. The standard InChI is InChI=1S/C14H19FN4O/c1-14(2,3)16-8-10-9-19(18-17-10)11-5-6-12(15)13(7-11)20-4/h5-7,9,16H,8H2,1-4H3. The monoisotopic (exact) mass is 278 g/mol. The molecule has 1 aromatic carbocycles. The third kappa shape index (κ3) is 3.54. The Kier molecular flexibility index (Phi) is 4.04. The summed E-state index contributed by atoms with van der Waals surface area (Å²) < 4.78 is 19.9. The number of methoxy groups -OCH3 is 1. The number of benzene rings is 1. The van der Waals surface area contributed by atoms with E-state index in [0.717, 1.165) is 5.69 Å². The van der Waals surface area contributed by atoms with Crippen LogP contribution in [0.1, 0.15) is 26.5 Å². The Balaban J connectivity index is 2.16. The van der Waals surface area contributed by atoms with Crippen LogP contribution in [0.4, 0.5) is 4.39 Å². The summed E-state index contributed by atoms with van der Waals surface area (Å²) in [7, 11) is 1.43. The summed E-state index contributed by atoms with van der Waals surface area (Å²) in [6.45, 7) is 6.88. The van der Waals surface area contributed by atoms with Crippen molar-refractivity contribution >= 4 is 0 Å². The number of ether oxygens (including phenoxy) is 1. The highest BCUT2D eigenvalue weighted by Gasteiger charge is 2.11. The van der Waals surface area contributed by atoms with E-state index in [0.29, 0.717) is 12.2 Å². The molecule has 0 atom stereocenters. The molecular formula is C14H19FN4O. The second kappa shape index (κ2) is 5.58. The van der Waals surface area contributed by atoms with Gasteiger partial charge in [-0.25, -0.2) is 9.07 Å². The summed E-state index contributed by atoms with van der Waals surface area (Å²) in [5.74, 6) is -0.210. The van der Waals surface area contributed by atoms with Crippen LogP contribution in [0.5, 0.6) is 5.75 Å². The van der Waals surface area contributed by atoms with Gasteiger partial charge in [0.1, 0.15) is 0 Å². The van der Waals surface area contributed by atoms with Crippen molar-refractivity contribution in [2.45, 2.75) is 32.9 Å². The number of rotatable bonds is 4.